The number of para-hydroxylation sites is 1. The Morgan fingerprint density at radius 2 is 1.96 bits per heavy atom. The first-order valence-corrected chi connectivity index (χ1v) is 8.06. The van der Waals surface area contributed by atoms with Crippen LogP contribution in [0.25, 0.3) is 6.08 Å². The molecule has 0 aliphatic carbocycles. The number of carbonyl (C=O) groups is 1. The molecule has 0 saturated heterocycles. The Bertz CT molecular complexity index is 817. The van der Waals surface area contributed by atoms with Crippen LogP contribution in [0.5, 0.6) is 11.5 Å². The lowest BCUT2D eigenvalue weighted by Gasteiger charge is -2.13. The van der Waals surface area contributed by atoms with Gasteiger partial charge in [0.2, 0.25) is 6.20 Å². The van der Waals surface area contributed by atoms with Gasteiger partial charge in [-0.25, -0.2) is 0 Å². The molecule has 0 aliphatic heterocycles. The van der Waals surface area contributed by atoms with Crippen LogP contribution in [0.3, 0.4) is 0 Å². The molecule has 1 N–H and O–H groups in total. The Balaban J connectivity index is 2.04. The Morgan fingerprint density at radius 1 is 1.19 bits per heavy atom. The van der Waals surface area contributed by atoms with Crippen molar-refractivity contribution in [2.45, 2.75) is 13.8 Å². The Labute approximate surface area is 151 Å². The molecule has 7 nitrogen and oxygen atoms in total. The van der Waals surface area contributed by atoms with Crippen molar-refractivity contribution in [3.05, 3.63) is 69.9 Å². The van der Waals surface area contributed by atoms with Crippen molar-refractivity contribution < 1.29 is 19.2 Å². The first kappa shape index (κ1) is 19.0. The number of hydrogen-bond acceptors (Lipinski definition) is 5. The monoisotopic (exact) mass is 356 g/mol. The van der Waals surface area contributed by atoms with Crippen LogP contribution in [0.4, 0.5) is 5.69 Å². The van der Waals surface area contributed by atoms with Crippen LogP contribution in [0.2, 0.25) is 0 Å². The summed E-state index contributed by atoms with van der Waals surface area (Å²) in [6, 6.07) is 12.3. The molecule has 136 valence electrons. The molecule has 26 heavy (non-hydrogen) atoms. The van der Waals surface area contributed by atoms with Gasteiger partial charge in [-0.15, -0.1) is 0 Å². The highest BCUT2D eigenvalue weighted by Crippen LogP contribution is 2.29. The van der Waals surface area contributed by atoms with Gasteiger partial charge >= 0.3 is 0 Å². The second kappa shape index (κ2) is 9.22. The Kier molecular flexibility index (Phi) is 6.73. The first-order valence-electron chi connectivity index (χ1n) is 8.06. The van der Waals surface area contributed by atoms with Gasteiger partial charge in [-0.1, -0.05) is 24.3 Å². The van der Waals surface area contributed by atoms with E-state index in [-0.39, 0.29) is 12.5 Å². The SMILES string of the molecule is CCOc1cc(C=C[N+](=O)[O-])ccc1OCC(=O)Nc1ccccc1C. The number of anilines is 1. The van der Waals surface area contributed by atoms with Gasteiger partial charge in [0, 0.05) is 11.8 Å². The zero-order valence-corrected chi connectivity index (χ0v) is 14.6. The third-order valence-corrected chi connectivity index (χ3v) is 3.43. The molecular weight excluding hydrogens is 336 g/mol. The average Bonchev–Trinajstić information content (AvgIpc) is 2.61. The highest BCUT2D eigenvalue weighted by atomic mass is 16.6. The number of amides is 1. The summed E-state index contributed by atoms with van der Waals surface area (Å²) in [4.78, 5) is 22.0. The normalized spacial score (nSPS) is 10.5. The zero-order valence-electron chi connectivity index (χ0n) is 14.6. The molecule has 0 fully saturated rings. The third-order valence-electron chi connectivity index (χ3n) is 3.43. The fraction of sp³-hybridized carbons (Fsp3) is 0.211. The van der Waals surface area contributed by atoms with Crippen LogP contribution in [0.15, 0.2) is 48.7 Å². The molecule has 2 aromatic carbocycles. The maximum atomic E-state index is 12.1. The molecule has 2 aromatic rings. The summed E-state index contributed by atoms with van der Waals surface area (Å²) in [6.45, 7) is 3.93. The van der Waals surface area contributed by atoms with Crippen molar-refractivity contribution in [2.75, 3.05) is 18.5 Å². The van der Waals surface area contributed by atoms with Crippen molar-refractivity contribution in [3.63, 3.8) is 0 Å². The number of nitrogens with zero attached hydrogens (tertiary/aromatic N) is 1. The number of rotatable bonds is 8. The van der Waals surface area contributed by atoms with Crippen molar-refractivity contribution >= 4 is 17.7 Å². The van der Waals surface area contributed by atoms with Crippen LogP contribution >= 0.6 is 0 Å². The predicted octanol–water partition coefficient (Wildman–Crippen LogP) is 3.66. The van der Waals surface area contributed by atoms with Gasteiger partial charge in [0.25, 0.3) is 5.91 Å². The zero-order chi connectivity index (χ0) is 18.9. The molecule has 2 rings (SSSR count). The number of ether oxygens (including phenoxy) is 2. The minimum absolute atomic E-state index is 0.182. The fourth-order valence-corrected chi connectivity index (χ4v) is 2.21. The molecule has 0 unspecified atom stereocenters. The molecule has 0 aromatic heterocycles. The Morgan fingerprint density at radius 3 is 2.65 bits per heavy atom. The summed E-state index contributed by atoms with van der Waals surface area (Å²) >= 11 is 0. The number of nitrogens with one attached hydrogen (secondary N) is 1. The number of aryl methyl sites for hydroxylation is 1. The lowest BCUT2D eigenvalue weighted by Crippen LogP contribution is -2.20. The summed E-state index contributed by atoms with van der Waals surface area (Å²) in [7, 11) is 0. The summed E-state index contributed by atoms with van der Waals surface area (Å²) in [5, 5.41) is 13.2. The van der Waals surface area contributed by atoms with Gasteiger partial charge < -0.3 is 14.8 Å². The molecule has 0 heterocycles. The van der Waals surface area contributed by atoms with Gasteiger partial charge in [-0.3, -0.25) is 14.9 Å². The predicted molar refractivity (Wildman–Crippen MR) is 98.9 cm³/mol. The van der Waals surface area contributed by atoms with E-state index < -0.39 is 4.92 Å². The molecule has 7 heteroatoms. The number of carbonyl (C=O) groups excluding carboxylic acids is 1. The lowest BCUT2D eigenvalue weighted by atomic mass is 10.2. The maximum absolute atomic E-state index is 12.1. The molecule has 0 bridgehead atoms. The quantitative estimate of drug-likeness (QED) is 0.576. The third kappa shape index (κ3) is 5.62. The summed E-state index contributed by atoms with van der Waals surface area (Å²) in [6.07, 6.45) is 2.21. The Hall–Kier alpha value is -3.35. The van der Waals surface area contributed by atoms with Gasteiger partial charge in [-0.2, -0.15) is 0 Å². The van der Waals surface area contributed by atoms with E-state index in [1.807, 2.05) is 38.1 Å². The minimum atomic E-state index is -0.541. The van der Waals surface area contributed by atoms with Gasteiger partial charge in [0.05, 0.1) is 11.5 Å². The molecule has 0 atom stereocenters. The molecule has 0 spiro atoms. The summed E-state index contributed by atoms with van der Waals surface area (Å²) < 4.78 is 11.0. The van der Waals surface area contributed by atoms with E-state index in [0.717, 1.165) is 17.5 Å². The van der Waals surface area contributed by atoms with E-state index in [4.69, 9.17) is 9.47 Å². The minimum Gasteiger partial charge on any atom is -0.490 e. The van der Waals surface area contributed by atoms with E-state index in [1.54, 1.807) is 18.2 Å². The smallest absolute Gasteiger partial charge is 0.262 e. The van der Waals surface area contributed by atoms with E-state index in [2.05, 4.69) is 5.32 Å². The topological polar surface area (TPSA) is 90.7 Å². The summed E-state index contributed by atoms with van der Waals surface area (Å²) in [5.41, 5.74) is 2.28. The highest BCUT2D eigenvalue weighted by molar-refractivity contribution is 5.92. The average molecular weight is 356 g/mol. The van der Waals surface area contributed by atoms with Crippen LogP contribution in [0.1, 0.15) is 18.1 Å². The van der Waals surface area contributed by atoms with Crippen molar-refractivity contribution in [2.24, 2.45) is 0 Å². The van der Waals surface area contributed by atoms with E-state index >= 15 is 0 Å². The molecule has 0 aliphatic rings. The van der Waals surface area contributed by atoms with E-state index in [1.165, 1.54) is 6.08 Å². The van der Waals surface area contributed by atoms with Crippen LogP contribution in [0, 0.1) is 17.0 Å². The molecule has 0 saturated carbocycles. The molecular formula is C19H20N2O5. The summed E-state index contributed by atoms with van der Waals surface area (Å²) in [5.74, 6) is 0.519. The first-order chi connectivity index (χ1) is 12.5. The second-order valence-electron chi connectivity index (χ2n) is 5.39. The maximum Gasteiger partial charge on any atom is 0.262 e. The molecule has 1 amide bonds. The standard InChI is InChI=1S/C19H20N2O5/c1-3-25-18-12-15(10-11-21(23)24)8-9-17(18)26-13-19(22)20-16-7-5-4-6-14(16)2/h4-12H,3,13H2,1-2H3,(H,20,22). The van der Waals surface area contributed by atoms with Crippen molar-refractivity contribution in [1.82, 2.24) is 0 Å². The molecule has 0 radical (unpaired) electrons. The van der Waals surface area contributed by atoms with E-state index in [9.17, 15) is 14.9 Å². The number of nitro groups is 1. The largest absolute Gasteiger partial charge is 0.490 e. The van der Waals surface area contributed by atoms with Gasteiger partial charge in [-0.05, 0) is 43.2 Å². The van der Waals surface area contributed by atoms with Crippen LogP contribution in [-0.2, 0) is 4.79 Å². The van der Waals surface area contributed by atoms with E-state index in [0.29, 0.717) is 23.7 Å². The number of hydrogen-bond donors (Lipinski definition) is 1. The van der Waals surface area contributed by atoms with Crippen molar-refractivity contribution in [3.8, 4) is 11.5 Å². The highest BCUT2D eigenvalue weighted by Gasteiger charge is 2.10. The van der Waals surface area contributed by atoms with Crippen LogP contribution < -0.4 is 14.8 Å². The number of benzene rings is 2. The van der Waals surface area contributed by atoms with Crippen molar-refractivity contribution in [1.29, 1.82) is 0 Å². The van der Waals surface area contributed by atoms with Gasteiger partial charge in [0.1, 0.15) is 0 Å². The van der Waals surface area contributed by atoms with Crippen LogP contribution in [-0.4, -0.2) is 24.0 Å². The fourth-order valence-electron chi connectivity index (χ4n) is 2.21. The lowest BCUT2D eigenvalue weighted by molar-refractivity contribution is -0.400. The van der Waals surface area contributed by atoms with Gasteiger partial charge in [0.15, 0.2) is 18.1 Å². The second-order valence-corrected chi connectivity index (χ2v) is 5.39.